The highest BCUT2D eigenvalue weighted by Gasteiger charge is 2.16. The van der Waals surface area contributed by atoms with Crippen LogP contribution in [0.3, 0.4) is 0 Å². The van der Waals surface area contributed by atoms with Gasteiger partial charge in [0.2, 0.25) is 5.89 Å². The summed E-state index contributed by atoms with van der Waals surface area (Å²) in [5, 5.41) is 14.0. The molecule has 1 amide bonds. The third-order valence-corrected chi connectivity index (χ3v) is 4.66. The van der Waals surface area contributed by atoms with Gasteiger partial charge < -0.3 is 9.73 Å². The molecule has 0 spiro atoms. The summed E-state index contributed by atoms with van der Waals surface area (Å²) in [6.07, 6.45) is 0. The molecule has 0 aliphatic heterocycles. The SMILES string of the molecule is O=C(Nc1ccc(-c2nc3ccccc3c(=O)o2)cc1)c1cc([N+](=O)[O-])ccc1Cl. The monoisotopic (exact) mass is 421 g/mol. The van der Waals surface area contributed by atoms with Crippen molar-refractivity contribution >= 4 is 39.8 Å². The van der Waals surface area contributed by atoms with Crippen molar-refractivity contribution in [2.75, 3.05) is 5.32 Å². The molecule has 0 saturated heterocycles. The lowest BCUT2D eigenvalue weighted by molar-refractivity contribution is -0.384. The molecule has 30 heavy (non-hydrogen) atoms. The third-order valence-electron chi connectivity index (χ3n) is 4.33. The van der Waals surface area contributed by atoms with E-state index in [2.05, 4.69) is 10.3 Å². The van der Waals surface area contributed by atoms with Crippen molar-refractivity contribution in [1.29, 1.82) is 0 Å². The highest BCUT2D eigenvalue weighted by atomic mass is 35.5. The van der Waals surface area contributed by atoms with Gasteiger partial charge in [0, 0.05) is 23.4 Å². The van der Waals surface area contributed by atoms with E-state index >= 15 is 0 Å². The molecule has 0 atom stereocenters. The van der Waals surface area contributed by atoms with E-state index in [0.29, 0.717) is 22.2 Å². The van der Waals surface area contributed by atoms with Crippen LogP contribution in [0.2, 0.25) is 5.02 Å². The second-order valence-electron chi connectivity index (χ2n) is 6.28. The molecule has 3 aromatic carbocycles. The molecule has 4 rings (SSSR count). The summed E-state index contributed by atoms with van der Waals surface area (Å²) in [4.78, 5) is 39.2. The molecule has 0 radical (unpaired) electrons. The molecule has 9 heteroatoms. The predicted molar refractivity (Wildman–Crippen MR) is 112 cm³/mol. The van der Waals surface area contributed by atoms with Crippen LogP contribution in [0.15, 0.2) is 75.9 Å². The van der Waals surface area contributed by atoms with Crippen molar-refractivity contribution in [3.8, 4) is 11.5 Å². The molecule has 8 nitrogen and oxygen atoms in total. The normalized spacial score (nSPS) is 10.7. The number of nitro benzene ring substituents is 1. The van der Waals surface area contributed by atoms with Gasteiger partial charge in [-0.15, -0.1) is 0 Å². The topological polar surface area (TPSA) is 115 Å². The first-order valence-electron chi connectivity index (χ1n) is 8.68. The Morgan fingerprint density at radius 1 is 1.07 bits per heavy atom. The van der Waals surface area contributed by atoms with E-state index in [-0.39, 0.29) is 22.2 Å². The maximum atomic E-state index is 12.5. The molecule has 0 bridgehead atoms. The number of benzene rings is 3. The Morgan fingerprint density at radius 3 is 2.53 bits per heavy atom. The number of nitro groups is 1. The first-order valence-corrected chi connectivity index (χ1v) is 9.06. The number of nitrogens with zero attached hydrogens (tertiary/aromatic N) is 2. The lowest BCUT2D eigenvalue weighted by atomic mass is 10.1. The number of rotatable bonds is 4. The third kappa shape index (κ3) is 3.76. The molecule has 1 aromatic heterocycles. The summed E-state index contributed by atoms with van der Waals surface area (Å²) < 4.78 is 5.28. The van der Waals surface area contributed by atoms with Gasteiger partial charge in [0.15, 0.2) is 0 Å². The maximum absolute atomic E-state index is 12.5. The lowest BCUT2D eigenvalue weighted by Crippen LogP contribution is -2.12. The first kappa shape index (κ1) is 19.3. The predicted octanol–water partition coefficient (Wildman–Crippen LogP) is 4.67. The van der Waals surface area contributed by atoms with Crippen LogP contribution in [0.1, 0.15) is 10.4 Å². The number of halogens is 1. The maximum Gasteiger partial charge on any atom is 0.347 e. The van der Waals surface area contributed by atoms with Crippen LogP contribution in [0.5, 0.6) is 0 Å². The largest absolute Gasteiger partial charge is 0.403 e. The number of carbonyl (C=O) groups is 1. The quantitative estimate of drug-likeness (QED) is 0.378. The van der Waals surface area contributed by atoms with Gasteiger partial charge in [-0.2, -0.15) is 0 Å². The van der Waals surface area contributed by atoms with Crippen LogP contribution >= 0.6 is 11.6 Å². The van der Waals surface area contributed by atoms with Crippen LogP contribution < -0.4 is 10.9 Å². The number of hydrogen-bond acceptors (Lipinski definition) is 6. The number of amides is 1. The van der Waals surface area contributed by atoms with Crippen LogP contribution in [-0.4, -0.2) is 15.8 Å². The van der Waals surface area contributed by atoms with E-state index < -0.39 is 16.5 Å². The molecular weight excluding hydrogens is 410 g/mol. The van der Waals surface area contributed by atoms with E-state index in [1.54, 1.807) is 48.5 Å². The zero-order valence-corrected chi connectivity index (χ0v) is 15.9. The fraction of sp³-hybridized carbons (Fsp3) is 0. The van der Waals surface area contributed by atoms with Crippen molar-refractivity contribution in [3.05, 3.63) is 97.9 Å². The second kappa shape index (κ2) is 7.76. The smallest absolute Gasteiger partial charge is 0.347 e. The first-order chi connectivity index (χ1) is 14.4. The average Bonchev–Trinajstić information content (AvgIpc) is 2.74. The Labute approximate surface area is 173 Å². The molecular formula is C21H12ClN3O5. The minimum atomic E-state index is -0.605. The van der Waals surface area contributed by atoms with Crippen molar-refractivity contribution in [1.82, 2.24) is 4.98 Å². The number of non-ortho nitro benzene ring substituents is 1. The van der Waals surface area contributed by atoms with Crippen molar-refractivity contribution < 1.29 is 14.1 Å². The Kier molecular flexibility index (Phi) is 4.99. The molecule has 1 heterocycles. The second-order valence-corrected chi connectivity index (χ2v) is 6.68. The summed E-state index contributed by atoms with van der Waals surface area (Å²) >= 11 is 6.00. The number of carbonyl (C=O) groups excluding carboxylic acids is 1. The van der Waals surface area contributed by atoms with Crippen LogP contribution in [0.4, 0.5) is 11.4 Å². The van der Waals surface area contributed by atoms with E-state index in [0.717, 1.165) is 6.07 Å². The van der Waals surface area contributed by atoms with Crippen molar-refractivity contribution in [3.63, 3.8) is 0 Å². The number of fused-ring (bicyclic) bond motifs is 1. The van der Waals surface area contributed by atoms with Gasteiger partial charge >= 0.3 is 5.63 Å². The molecule has 0 saturated carbocycles. The zero-order valence-electron chi connectivity index (χ0n) is 15.2. The molecule has 0 fully saturated rings. The fourth-order valence-electron chi connectivity index (χ4n) is 2.84. The van der Waals surface area contributed by atoms with Gasteiger partial charge in [-0.3, -0.25) is 14.9 Å². The highest BCUT2D eigenvalue weighted by molar-refractivity contribution is 6.34. The van der Waals surface area contributed by atoms with Gasteiger partial charge in [0.25, 0.3) is 11.6 Å². The standard InChI is InChI=1S/C21H12ClN3O5/c22-17-10-9-14(25(28)29)11-16(17)19(26)23-13-7-5-12(6-8-13)20-24-18-4-2-1-3-15(18)21(27)30-20/h1-11H,(H,23,26). The average molecular weight is 422 g/mol. The van der Waals surface area contributed by atoms with Crippen molar-refractivity contribution in [2.24, 2.45) is 0 Å². The Morgan fingerprint density at radius 2 is 1.80 bits per heavy atom. The Bertz CT molecular complexity index is 1350. The van der Waals surface area contributed by atoms with Gasteiger partial charge in [-0.25, -0.2) is 9.78 Å². The molecule has 148 valence electrons. The van der Waals surface area contributed by atoms with E-state index in [1.165, 1.54) is 12.1 Å². The number of para-hydroxylation sites is 1. The van der Waals surface area contributed by atoms with Gasteiger partial charge in [0.1, 0.15) is 0 Å². The number of hydrogen-bond donors (Lipinski definition) is 1. The summed E-state index contributed by atoms with van der Waals surface area (Å²) in [5.41, 5.74) is 0.739. The fourth-order valence-corrected chi connectivity index (χ4v) is 3.04. The summed E-state index contributed by atoms with van der Waals surface area (Å²) in [7, 11) is 0. The zero-order chi connectivity index (χ0) is 21.3. The van der Waals surface area contributed by atoms with Crippen LogP contribution in [0.25, 0.3) is 22.4 Å². The highest BCUT2D eigenvalue weighted by Crippen LogP contribution is 2.24. The van der Waals surface area contributed by atoms with Gasteiger partial charge in [-0.05, 0) is 42.5 Å². The van der Waals surface area contributed by atoms with E-state index in [1.807, 2.05) is 0 Å². The van der Waals surface area contributed by atoms with Gasteiger partial charge in [0.05, 0.1) is 26.4 Å². The molecule has 0 unspecified atom stereocenters. The van der Waals surface area contributed by atoms with E-state index in [9.17, 15) is 19.7 Å². The Balaban J connectivity index is 1.59. The molecule has 1 N–H and O–H groups in total. The summed E-state index contributed by atoms with van der Waals surface area (Å²) in [5.74, 6) is -0.440. The van der Waals surface area contributed by atoms with Crippen LogP contribution in [-0.2, 0) is 0 Å². The summed E-state index contributed by atoms with van der Waals surface area (Å²) in [6, 6.07) is 16.9. The molecule has 4 aromatic rings. The van der Waals surface area contributed by atoms with Crippen molar-refractivity contribution in [2.45, 2.75) is 0 Å². The van der Waals surface area contributed by atoms with Gasteiger partial charge in [-0.1, -0.05) is 23.7 Å². The van der Waals surface area contributed by atoms with Crippen LogP contribution in [0, 0.1) is 10.1 Å². The lowest BCUT2D eigenvalue weighted by Gasteiger charge is -2.08. The minimum Gasteiger partial charge on any atom is -0.403 e. The summed E-state index contributed by atoms with van der Waals surface area (Å²) in [6.45, 7) is 0. The van der Waals surface area contributed by atoms with E-state index in [4.69, 9.17) is 16.0 Å². The molecule has 0 aliphatic rings. The number of nitrogens with one attached hydrogen (secondary N) is 1. The number of anilines is 1. The number of aromatic nitrogens is 1. The minimum absolute atomic E-state index is 0.0165. The Hall–Kier alpha value is -4.04. The molecule has 0 aliphatic carbocycles.